The van der Waals surface area contributed by atoms with Crippen LogP contribution in [0.4, 0.5) is 5.69 Å². The standard InChI is InChI=1S/C16H18N2O/c1-12(2)10-16(19)18-14-7-5-6-13(11-14)15-8-3-4-9-17-15/h3-9,11-12H,10H2,1-2H3,(H,18,19). The van der Waals surface area contributed by atoms with Crippen LogP contribution in [0.15, 0.2) is 48.7 Å². The lowest BCUT2D eigenvalue weighted by atomic mass is 10.1. The number of nitrogens with zero attached hydrogens (tertiary/aromatic N) is 1. The summed E-state index contributed by atoms with van der Waals surface area (Å²) in [7, 11) is 0. The molecule has 1 N–H and O–H groups in total. The highest BCUT2D eigenvalue weighted by Crippen LogP contribution is 2.20. The van der Waals surface area contributed by atoms with E-state index in [-0.39, 0.29) is 5.91 Å². The number of rotatable bonds is 4. The molecule has 1 amide bonds. The van der Waals surface area contributed by atoms with Crippen LogP contribution in [0.1, 0.15) is 20.3 Å². The van der Waals surface area contributed by atoms with Gasteiger partial charge in [-0.1, -0.05) is 32.0 Å². The summed E-state index contributed by atoms with van der Waals surface area (Å²) in [4.78, 5) is 16.0. The van der Waals surface area contributed by atoms with E-state index in [0.29, 0.717) is 12.3 Å². The van der Waals surface area contributed by atoms with Crippen LogP contribution in [0.2, 0.25) is 0 Å². The Morgan fingerprint density at radius 2 is 2.05 bits per heavy atom. The topological polar surface area (TPSA) is 42.0 Å². The highest BCUT2D eigenvalue weighted by atomic mass is 16.1. The Hall–Kier alpha value is -2.16. The Morgan fingerprint density at radius 1 is 1.21 bits per heavy atom. The minimum atomic E-state index is 0.0492. The van der Waals surface area contributed by atoms with Gasteiger partial charge in [0.1, 0.15) is 0 Å². The molecule has 0 radical (unpaired) electrons. The fraction of sp³-hybridized carbons (Fsp3) is 0.250. The van der Waals surface area contributed by atoms with E-state index in [9.17, 15) is 4.79 Å². The number of nitrogens with one attached hydrogen (secondary N) is 1. The first-order chi connectivity index (χ1) is 9.15. The molecule has 0 unspecified atom stereocenters. The van der Waals surface area contributed by atoms with Gasteiger partial charge in [0, 0.05) is 23.9 Å². The lowest BCUT2D eigenvalue weighted by Crippen LogP contribution is -2.13. The smallest absolute Gasteiger partial charge is 0.224 e. The molecule has 2 aromatic rings. The van der Waals surface area contributed by atoms with Crippen LogP contribution in [0.3, 0.4) is 0 Å². The van der Waals surface area contributed by atoms with Crippen molar-refractivity contribution in [3.05, 3.63) is 48.7 Å². The highest BCUT2D eigenvalue weighted by molar-refractivity contribution is 5.91. The average Bonchev–Trinajstić information content (AvgIpc) is 2.39. The number of hydrogen-bond acceptors (Lipinski definition) is 2. The van der Waals surface area contributed by atoms with Crippen molar-refractivity contribution in [3.8, 4) is 11.3 Å². The second-order valence-corrected chi connectivity index (χ2v) is 4.94. The molecule has 1 aromatic heterocycles. The monoisotopic (exact) mass is 254 g/mol. The van der Waals surface area contributed by atoms with Crippen LogP contribution in [0.5, 0.6) is 0 Å². The zero-order valence-corrected chi connectivity index (χ0v) is 11.3. The Morgan fingerprint density at radius 3 is 2.74 bits per heavy atom. The molecule has 19 heavy (non-hydrogen) atoms. The largest absolute Gasteiger partial charge is 0.326 e. The summed E-state index contributed by atoms with van der Waals surface area (Å²) in [6, 6.07) is 13.5. The van der Waals surface area contributed by atoms with E-state index in [1.807, 2.05) is 56.3 Å². The normalized spacial score (nSPS) is 10.5. The third kappa shape index (κ3) is 3.91. The van der Waals surface area contributed by atoms with Gasteiger partial charge >= 0.3 is 0 Å². The Labute approximate surface area is 113 Å². The van der Waals surface area contributed by atoms with Crippen molar-refractivity contribution in [1.29, 1.82) is 0 Å². The molecule has 3 heteroatoms. The van der Waals surface area contributed by atoms with E-state index in [2.05, 4.69) is 10.3 Å². The Bertz CT molecular complexity index is 550. The predicted octanol–water partition coefficient (Wildman–Crippen LogP) is 3.73. The van der Waals surface area contributed by atoms with E-state index in [4.69, 9.17) is 0 Å². The second kappa shape index (κ2) is 6.14. The molecule has 1 heterocycles. The van der Waals surface area contributed by atoms with Gasteiger partial charge < -0.3 is 5.32 Å². The second-order valence-electron chi connectivity index (χ2n) is 4.94. The van der Waals surface area contributed by atoms with Gasteiger partial charge in [-0.15, -0.1) is 0 Å². The first-order valence-electron chi connectivity index (χ1n) is 6.46. The van der Waals surface area contributed by atoms with Crippen molar-refractivity contribution in [3.63, 3.8) is 0 Å². The third-order valence-electron chi connectivity index (χ3n) is 2.70. The minimum Gasteiger partial charge on any atom is -0.326 e. The minimum absolute atomic E-state index is 0.0492. The zero-order chi connectivity index (χ0) is 13.7. The van der Waals surface area contributed by atoms with Gasteiger partial charge in [-0.25, -0.2) is 0 Å². The van der Waals surface area contributed by atoms with Crippen molar-refractivity contribution >= 4 is 11.6 Å². The van der Waals surface area contributed by atoms with Gasteiger partial charge in [0.25, 0.3) is 0 Å². The van der Waals surface area contributed by atoms with Gasteiger partial charge in [-0.05, 0) is 30.2 Å². The first kappa shape index (κ1) is 13.3. The lowest BCUT2D eigenvalue weighted by Gasteiger charge is -2.08. The van der Waals surface area contributed by atoms with Gasteiger partial charge in [0.15, 0.2) is 0 Å². The van der Waals surface area contributed by atoms with E-state index in [1.165, 1.54) is 0 Å². The SMILES string of the molecule is CC(C)CC(=O)Nc1cccc(-c2ccccn2)c1. The maximum Gasteiger partial charge on any atom is 0.224 e. The Balaban J connectivity index is 2.14. The van der Waals surface area contributed by atoms with E-state index in [0.717, 1.165) is 16.9 Å². The predicted molar refractivity (Wildman–Crippen MR) is 77.8 cm³/mol. The molecule has 0 saturated heterocycles. The van der Waals surface area contributed by atoms with E-state index in [1.54, 1.807) is 6.20 Å². The number of carbonyl (C=O) groups excluding carboxylic acids is 1. The summed E-state index contributed by atoms with van der Waals surface area (Å²) in [5.74, 6) is 0.409. The molecule has 1 aromatic carbocycles. The van der Waals surface area contributed by atoms with Crippen molar-refractivity contribution < 1.29 is 4.79 Å². The molecule has 3 nitrogen and oxygen atoms in total. The average molecular weight is 254 g/mol. The highest BCUT2D eigenvalue weighted by Gasteiger charge is 2.06. The number of carbonyl (C=O) groups is 1. The summed E-state index contributed by atoms with van der Waals surface area (Å²) in [5.41, 5.74) is 2.72. The van der Waals surface area contributed by atoms with Gasteiger partial charge in [-0.3, -0.25) is 9.78 Å². The number of benzene rings is 1. The van der Waals surface area contributed by atoms with Crippen LogP contribution in [-0.2, 0) is 4.79 Å². The molecule has 0 aliphatic carbocycles. The molecule has 98 valence electrons. The fourth-order valence-corrected chi connectivity index (χ4v) is 1.87. The number of aromatic nitrogens is 1. The molecule has 0 atom stereocenters. The quantitative estimate of drug-likeness (QED) is 0.903. The number of pyridine rings is 1. The summed E-state index contributed by atoms with van der Waals surface area (Å²) in [5, 5.41) is 2.92. The van der Waals surface area contributed by atoms with E-state index >= 15 is 0 Å². The Kier molecular flexibility index (Phi) is 4.29. The van der Waals surface area contributed by atoms with Gasteiger partial charge in [0.2, 0.25) is 5.91 Å². The van der Waals surface area contributed by atoms with Gasteiger partial charge in [0.05, 0.1) is 5.69 Å². The number of amides is 1. The molecule has 2 rings (SSSR count). The van der Waals surface area contributed by atoms with Crippen molar-refractivity contribution in [2.75, 3.05) is 5.32 Å². The molecule has 0 bridgehead atoms. The van der Waals surface area contributed by atoms with Crippen LogP contribution < -0.4 is 5.32 Å². The lowest BCUT2D eigenvalue weighted by molar-refractivity contribution is -0.116. The number of hydrogen-bond donors (Lipinski definition) is 1. The third-order valence-corrected chi connectivity index (χ3v) is 2.70. The van der Waals surface area contributed by atoms with Gasteiger partial charge in [-0.2, -0.15) is 0 Å². The van der Waals surface area contributed by atoms with Crippen molar-refractivity contribution in [2.24, 2.45) is 5.92 Å². The summed E-state index contributed by atoms with van der Waals surface area (Å²) in [6.07, 6.45) is 2.30. The molecular weight excluding hydrogens is 236 g/mol. The molecule has 0 fully saturated rings. The summed E-state index contributed by atoms with van der Waals surface area (Å²) in [6.45, 7) is 4.06. The summed E-state index contributed by atoms with van der Waals surface area (Å²) < 4.78 is 0. The molecule has 0 aliphatic heterocycles. The zero-order valence-electron chi connectivity index (χ0n) is 11.3. The maximum atomic E-state index is 11.7. The van der Waals surface area contributed by atoms with Crippen LogP contribution in [0.25, 0.3) is 11.3 Å². The van der Waals surface area contributed by atoms with Crippen LogP contribution in [0, 0.1) is 5.92 Å². The number of anilines is 1. The molecule has 0 saturated carbocycles. The molecular formula is C16H18N2O. The van der Waals surface area contributed by atoms with Crippen LogP contribution in [-0.4, -0.2) is 10.9 Å². The maximum absolute atomic E-state index is 11.7. The fourth-order valence-electron chi connectivity index (χ4n) is 1.87. The summed E-state index contributed by atoms with van der Waals surface area (Å²) >= 11 is 0. The first-order valence-corrected chi connectivity index (χ1v) is 6.46. The molecule has 0 spiro atoms. The van der Waals surface area contributed by atoms with Crippen LogP contribution >= 0.6 is 0 Å². The van der Waals surface area contributed by atoms with Crippen molar-refractivity contribution in [2.45, 2.75) is 20.3 Å². The van der Waals surface area contributed by atoms with E-state index < -0.39 is 0 Å². The van der Waals surface area contributed by atoms with Crippen molar-refractivity contribution in [1.82, 2.24) is 4.98 Å². The molecule has 0 aliphatic rings.